The average molecular weight is 697 g/mol. The summed E-state index contributed by atoms with van der Waals surface area (Å²) in [5.41, 5.74) is -0.565. The van der Waals surface area contributed by atoms with E-state index in [1.165, 1.54) is 4.57 Å². The van der Waals surface area contributed by atoms with Crippen molar-refractivity contribution in [2.45, 2.75) is 38.4 Å². The lowest BCUT2D eigenvalue weighted by Crippen LogP contribution is -2.46. The largest absolute Gasteiger partial charge is 0.494 e. The molecule has 9 nitrogen and oxygen atoms in total. The fourth-order valence-electron chi connectivity index (χ4n) is 6.35. The van der Waals surface area contributed by atoms with Gasteiger partial charge in [-0.1, -0.05) is 18.2 Å². The number of alkyl halides is 3. The minimum atomic E-state index is -4.85. The summed E-state index contributed by atoms with van der Waals surface area (Å²) in [6, 6.07) is 16.0. The molecule has 2 heterocycles. The molecule has 4 aromatic rings. The molecule has 3 aromatic carbocycles. The van der Waals surface area contributed by atoms with Gasteiger partial charge in [0.15, 0.2) is 0 Å². The number of hydrogen-bond donors (Lipinski definition) is 1. The summed E-state index contributed by atoms with van der Waals surface area (Å²) >= 11 is 0. The number of carbonyl (C=O) groups excluding carboxylic acids is 1. The van der Waals surface area contributed by atoms with Crippen molar-refractivity contribution in [3.63, 3.8) is 0 Å². The van der Waals surface area contributed by atoms with Gasteiger partial charge in [0.2, 0.25) is 5.91 Å². The van der Waals surface area contributed by atoms with Crippen molar-refractivity contribution >= 4 is 16.8 Å². The van der Waals surface area contributed by atoms with Gasteiger partial charge in [-0.3, -0.25) is 14.2 Å². The fourth-order valence-corrected chi connectivity index (χ4v) is 6.35. The van der Waals surface area contributed by atoms with Crippen LogP contribution in [0.4, 0.5) is 17.6 Å². The number of carbonyl (C=O) groups is 1. The third kappa shape index (κ3) is 8.87. The first-order valence-electron chi connectivity index (χ1n) is 17.0. The lowest BCUT2D eigenvalue weighted by molar-refractivity contribution is -0.140. The fraction of sp³-hybridized carbons (Fsp3) is 0.432. The Kier molecular flexibility index (Phi) is 12.3. The number of fused-ring (bicyclic) bond motifs is 1. The number of benzene rings is 3. The normalized spacial score (nSPS) is 14.9. The summed E-state index contributed by atoms with van der Waals surface area (Å²) in [5.74, 6) is -0.864. The van der Waals surface area contributed by atoms with Gasteiger partial charge in [0.25, 0.3) is 5.56 Å². The second kappa shape index (κ2) is 16.6. The molecule has 1 aromatic heterocycles. The smallest absolute Gasteiger partial charge is 0.419 e. The van der Waals surface area contributed by atoms with Crippen LogP contribution in [-0.4, -0.2) is 96.7 Å². The number of nitrogens with one attached hydrogen (secondary N) is 1. The van der Waals surface area contributed by atoms with Crippen LogP contribution < -0.4 is 15.6 Å². The molecular weight excluding hydrogens is 652 g/mol. The van der Waals surface area contributed by atoms with Crippen molar-refractivity contribution < 1.29 is 27.1 Å². The SMILES string of the molecule is CCOc1ccc(-n2c(C(CCNC)N(CCCN3CCN(C)CC3)C(=O)Cc3ccc(C(F)(F)F)c(F)c3)nc3ccccc3c2=O)cc1. The lowest BCUT2D eigenvalue weighted by atomic mass is 10.0. The van der Waals surface area contributed by atoms with Crippen molar-refractivity contribution in [3.8, 4) is 11.4 Å². The van der Waals surface area contributed by atoms with Crippen LogP contribution in [0.3, 0.4) is 0 Å². The molecule has 1 aliphatic rings. The Balaban J connectivity index is 1.58. The maximum atomic E-state index is 14.6. The van der Waals surface area contributed by atoms with E-state index in [4.69, 9.17) is 9.72 Å². The molecule has 50 heavy (non-hydrogen) atoms. The Morgan fingerprint density at radius 1 is 1.04 bits per heavy atom. The molecule has 268 valence electrons. The molecule has 1 atom stereocenters. The van der Waals surface area contributed by atoms with Crippen molar-refractivity contribution in [2.75, 3.05) is 66.5 Å². The molecule has 1 saturated heterocycles. The predicted octanol–water partition coefficient (Wildman–Crippen LogP) is 5.30. The first-order valence-corrected chi connectivity index (χ1v) is 17.0. The molecule has 1 amide bonds. The molecule has 0 bridgehead atoms. The van der Waals surface area contributed by atoms with Crippen molar-refractivity contribution in [3.05, 3.63) is 99.9 Å². The molecule has 5 rings (SSSR count). The zero-order chi connectivity index (χ0) is 35.8. The number of piperazine rings is 1. The Morgan fingerprint density at radius 2 is 1.76 bits per heavy atom. The number of para-hydroxylation sites is 1. The van der Waals surface area contributed by atoms with Gasteiger partial charge >= 0.3 is 6.18 Å². The highest BCUT2D eigenvalue weighted by Crippen LogP contribution is 2.32. The minimum absolute atomic E-state index is 0.118. The van der Waals surface area contributed by atoms with E-state index in [-0.39, 0.29) is 24.1 Å². The Morgan fingerprint density at radius 3 is 2.42 bits per heavy atom. The Labute approximate surface area is 289 Å². The van der Waals surface area contributed by atoms with Crippen LogP contribution >= 0.6 is 0 Å². The summed E-state index contributed by atoms with van der Waals surface area (Å²) in [5, 5.41) is 3.55. The summed E-state index contributed by atoms with van der Waals surface area (Å²) in [4.78, 5) is 39.8. The van der Waals surface area contributed by atoms with E-state index in [1.54, 1.807) is 60.5 Å². The van der Waals surface area contributed by atoms with Crippen LogP contribution in [0.2, 0.25) is 0 Å². The van der Waals surface area contributed by atoms with E-state index in [0.717, 1.165) is 44.9 Å². The summed E-state index contributed by atoms with van der Waals surface area (Å²) in [6.45, 7) is 7.48. The number of halogens is 4. The van der Waals surface area contributed by atoms with Crippen LogP contribution in [0, 0.1) is 5.82 Å². The number of ether oxygens (including phenoxy) is 1. The second-order valence-electron chi connectivity index (χ2n) is 12.5. The molecule has 0 saturated carbocycles. The first-order chi connectivity index (χ1) is 24.0. The maximum absolute atomic E-state index is 14.6. The quantitative estimate of drug-likeness (QED) is 0.179. The molecule has 0 aliphatic carbocycles. The van der Waals surface area contributed by atoms with Gasteiger partial charge in [-0.05, 0) is 101 Å². The predicted molar refractivity (Wildman–Crippen MR) is 185 cm³/mol. The van der Waals surface area contributed by atoms with Crippen molar-refractivity contribution in [2.24, 2.45) is 0 Å². The minimum Gasteiger partial charge on any atom is -0.494 e. The topological polar surface area (TPSA) is 82.9 Å². The number of rotatable bonds is 14. The van der Waals surface area contributed by atoms with E-state index in [9.17, 15) is 27.2 Å². The van der Waals surface area contributed by atoms with Crippen LogP contribution in [0.1, 0.15) is 42.8 Å². The second-order valence-corrected chi connectivity index (χ2v) is 12.5. The number of likely N-dealkylation sites (N-methyl/N-ethyl adjacent to an activating group) is 1. The molecule has 1 N–H and O–H groups in total. The van der Waals surface area contributed by atoms with Gasteiger partial charge in [0.1, 0.15) is 17.4 Å². The zero-order valence-corrected chi connectivity index (χ0v) is 28.7. The van der Waals surface area contributed by atoms with Gasteiger partial charge in [-0.2, -0.15) is 13.2 Å². The van der Waals surface area contributed by atoms with Crippen molar-refractivity contribution in [1.29, 1.82) is 0 Å². The van der Waals surface area contributed by atoms with Gasteiger partial charge in [0, 0.05) is 32.7 Å². The van der Waals surface area contributed by atoms with E-state index in [1.807, 2.05) is 6.92 Å². The molecule has 0 spiro atoms. The van der Waals surface area contributed by atoms with E-state index in [2.05, 4.69) is 22.2 Å². The molecule has 0 radical (unpaired) electrons. The van der Waals surface area contributed by atoms with Gasteiger partial charge < -0.3 is 24.8 Å². The van der Waals surface area contributed by atoms with E-state index >= 15 is 0 Å². The number of nitrogens with zero attached hydrogens (tertiary/aromatic N) is 5. The van der Waals surface area contributed by atoms with Crippen LogP contribution in [-0.2, 0) is 17.4 Å². The highest BCUT2D eigenvalue weighted by molar-refractivity contribution is 5.80. The first kappa shape index (κ1) is 36.9. The third-order valence-electron chi connectivity index (χ3n) is 9.03. The number of hydrogen-bond acceptors (Lipinski definition) is 7. The Bertz CT molecular complexity index is 1810. The molecular formula is C37H44F4N6O3. The van der Waals surface area contributed by atoms with Gasteiger partial charge in [-0.25, -0.2) is 9.37 Å². The van der Waals surface area contributed by atoms with Gasteiger partial charge in [0.05, 0.1) is 41.2 Å². The standard InChI is InChI=1S/C37H44F4N6O3/c1-4-50-28-13-11-27(12-14-28)47-35(43-32-9-6-5-8-29(32)36(47)49)33(16-17-42-2)46(19-7-18-45-22-20-44(3)21-23-45)34(48)25-26-10-15-30(31(38)24-26)37(39,40)41/h5-6,8-15,24,33,42H,4,7,16-23,25H2,1-3H3. The lowest BCUT2D eigenvalue weighted by Gasteiger charge is -2.35. The Hall–Kier alpha value is -4.33. The van der Waals surface area contributed by atoms with Gasteiger partial charge in [-0.15, -0.1) is 0 Å². The summed E-state index contributed by atoms with van der Waals surface area (Å²) in [7, 11) is 3.86. The van der Waals surface area contributed by atoms with Crippen LogP contribution in [0.5, 0.6) is 5.75 Å². The highest BCUT2D eigenvalue weighted by Gasteiger charge is 2.35. The summed E-state index contributed by atoms with van der Waals surface area (Å²) < 4.78 is 61.7. The average Bonchev–Trinajstić information content (AvgIpc) is 3.08. The highest BCUT2D eigenvalue weighted by atomic mass is 19.4. The molecule has 13 heteroatoms. The number of aromatic nitrogens is 2. The van der Waals surface area contributed by atoms with Crippen LogP contribution in [0.15, 0.2) is 71.5 Å². The summed E-state index contributed by atoms with van der Waals surface area (Å²) in [6.07, 6.45) is -4.21. The van der Waals surface area contributed by atoms with Crippen molar-refractivity contribution in [1.82, 2.24) is 29.6 Å². The maximum Gasteiger partial charge on any atom is 0.419 e. The molecule has 1 fully saturated rings. The monoisotopic (exact) mass is 696 g/mol. The van der Waals surface area contributed by atoms with Crippen LogP contribution in [0.25, 0.3) is 16.6 Å². The van der Waals surface area contributed by atoms with E-state index < -0.39 is 29.5 Å². The molecule has 1 aliphatic heterocycles. The number of amides is 1. The third-order valence-corrected chi connectivity index (χ3v) is 9.03. The zero-order valence-electron chi connectivity index (χ0n) is 28.7. The molecule has 1 unspecified atom stereocenters. The van der Waals surface area contributed by atoms with E-state index in [0.29, 0.717) is 60.2 Å².